The van der Waals surface area contributed by atoms with Crippen molar-refractivity contribution in [2.24, 2.45) is 0 Å². The first-order valence-electron chi connectivity index (χ1n) is 6.99. The van der Waals surface area contributed by atoms with E-state index in [1.807, 2.05) is 6.92 Å². The van der Waals surface area contributed by atoms with Gasteiger partial charge < -0.3 is 15.3 Å². The van der Waals surface area contributed by atoms with Gasteiger partial charge in [0, 0.05) is 19.1 Å². The molecule has 1 amide bonds. The van der Waals surface area contributed by atoms with Crippen molar-refractivity contribution in [3.05, 3.63) is 22.8 Å². The van der Waals surface area contributed by atoms with Gasteiger partial charge in [-0.1, -0.05) is 11.6 Å². The van der Waals surface area contributed by atoms with Crippen LogP contribution in [0.1, 0.15) is 36.7 Å². The highest BCUT2D eigenvalue weighted by Gasteiger charge is 2.30. The topological polar surface area (TPSA) is 65.5 Å². The number of nitrogens with zero attached hydrogens (tertiary/aromatic N) is 2. The van der Waals surface area contributed by atoms with Crippen LogP contribution in [-0.4, -0.2) is 46.6 Å². The summed E-state index contributed by atoms with van der Waals surface area (Å²) in [5.41, 5.74) is 0.255. The molecule has 1 heterocycles. The Kier molecular flexibility index (Phi) is 5.20. The Labute approximate surface area is 123 Å². The number of pyridine rings is 1. The zero-order chi connectivity index (χ0) is 14.5. The number of anilines is 1. The first kappa shape index (κ1) is 15.1. The molecule has 0 spiro atoms. The third kappa shape index (κ3) is 3.22. The zero-order valence-corrected chi connectivity index (χ0v) is 12.4. The highest BCUT2D eigenvalue weighted by Crippen LogP contribution is 2.27. The fraction of sp³-hybridized carbons (Fsp3) is 0.571. The second-order valence-electron chi connectivity index (χ2n) is 4.86. The SMILES string of the molecule is CCNc1ccc(Cl)c(C(=O)N(CCO)C2CCC2)n1. The summed E-state index contributed by atoms with van der Waals surface area (Å²) in [6, 6.07) is 3.63. The summed E-state index contributed by atoms with van der Waals surface area (Å²) in [6.07, 6.45) is 3.09. The van der Waals surface area contributed by atoms with Crippen molar-refractivity contribution < 1.29 is 9.90 Å². The van der Waals surface area contributed by atoms with Gasteiger partial charge in [0.15, 0.2) is 0 Å². The largest absolute Gasteiger partial charge is 0.395 e. The summed E-state index contributed by atoms with van der Waals surface area (Å²) in [5.74, 6) is 0.436. The average molecular weight is 298 g/mol. The number of nitrogens with one attached hydrogen (secondary N) is 1. The van der Waals surface area contributed by atoms with Crippen molar-refractivity contribution in [3.8, 4) is 0 Å². The Morgan fingerprint density at radius 2 is 2.30 bits per heavy atom. The van der Waals surface area contributed by atoms with Gasteiger partial charge in [0.05, 0.1) is 11.6 Å². The van der Waals surface area contributed by atoms with Gasteiger partial charge >= 0.3 is 0 Å². The maximum Gasteiger partial charge on any atom is 0.274 e. The maximum absolute atomic E-state index is 12.6. The van der Waals surface area contributed by atoms with Gasteiger partial charge in [-0.2, -0.15) is 0 Å². The number of carbonyl (C=O) groups is 1. The summed E-state index contributed by atoms with van der Waals surface area (Å²) in [4.78, 5) is 18.6. The quantitative estimate of drug-likeness (QED) is 0.844. The van der Waals surface area contributed by atoms with Crippen molar-refractivity contribution >= 4 is 23.3 Å². The molecule has 0 radical (unpaired) electrons. The minimum Gasteiger partial charge on any atom is -0.395 e. The molecule has 1 aromatic rings. The van der Waals surface area contributed by atoms with Gasteiger partial charge in [-0.15, -0.1) is 0 Å². The Hall–Kier alpha value is -1.33. The van der Waals surface area contributed by atoms with E-state index in [2.05, 4.69) is 10.3 Å². The molecule has 1 fully saturated rings. The van der Waals surface area contributed by atoms with Crippen LogP contribution >= 0.6 is 11.6 Å². The lowest BCUT2D eigenvalue weighted by Gasteiger charge is -2.37. The highest BCUT2D eigenvalue weighted by atomic mass is 35.5. The molecule has 6 heteroatoms. The third-order valence-corrected chi connectivity index (χ3v) is 3.83. The van der Waals surface area contributed by atoms with E-state index in [9.17, 15) is 4.79 Å². The van der Waals surface area contributed by atoms with Crippen LogP contribution in [0.3, 0.4) is 0 Å². The van der Waals surface area contributed by atoms with E-state index in [0.29, 0.717) is 17.4 Å². The van der Waals surface area contributed by atoms with Crippen LogP contribution in [0.5, 0.6) is 0 Å². The van der Waals surface area contributed by atoms with Gasteiger partial charge in [0.2, 0.25) is 0 Å². The van der Waals surface area contributed by atoms with Gasteiger partial charge in [0.25, 0.3) is 5.91 Å². The Morgan fingerprint density at radius 1 is 1.55 bits per heavy atom. The number of hydrogen-bond donors (Lipinski definition) is 2. The molecular formula is C14H20ClN3O2. The summed E-state index contributed by atoms with van der Waals surface area (Å²) in [7, 11) is 0. The minimum absolute atomic E-state index is 0.0488. The molecule has 0 bridgehead atoms. The normalized spacial score (nSPS) is 14.8. The van der Waals surface area contributed by atoms with E-state index < -0.39 is 0 Å². The van der Waals surface area contributed by atoms with Crippen LogP contribution in [-0.2, 0) is 0 Å². The number of hydrogen-bond acceptors (Lipinski definition) is 4. The lowest BCUT2D eigenvalue weighted by atomic mass is 9.91. The van der Waals surface area contributed by atoms with E-state index in [4.69, 9.17) is 16.7 Å². The molecule has 110 valence electrons. The van der Waals surface area contributed by atoms with E-state index in [-0.39, 0.29) is 24.2 Å². The standard InChI is InChI=1S/C14H20ClN3O2/c1-2-16-12-7-6-11(15)13(17-12)14(20)18(8-9-19)10-4-3-5-10/h6-7,10,19H,2-5,8-9H2,1H3,(H,16,17). The van der Waals surface area contributed by atoms with Crippen LogP contribution < -0.4 is 5.32 Å². The molecule has 5 nitrogen and oxygen atoms in total. The smallest absolute Gasteiger partial charge is 0.274 e. The van der Waals surface area contributed by atoms with Crippen LogP contribution in [0.15, 0.2) is 12.1 Å². The fourth-order valence-corrected chi connectivity index (χ4v) is 2.45. The van der Waals surface area contributed by atoms with Gasteiger partial charge in [-0.25, -0.2) is 4.98 Å². The average Bonchev–Trinajstić information content (AvgIpc) is 2.38. The van der Waals surface area contributed by atoms with Gasteiger partial charge in [0.1, 0.15) is 11.5 Å². The molecule has 2 rings (SSSR count). The molecule has 0 atom stereocenters. The summed E-state index contributed by atoms with van der Waals surface area (Å²) >= 11 is 6.10. The molecule has 1 saturated carbocycles. The predicted molar refractivity (Wildman–Crippen MR) is 79.2 cm³/mol. The maximum atomic E-state index is 12.6. The Morgan fingerprint density at radius 3 is 2.85 bits per heavy atom. The number of halogens is 1. The van der Waals surface area contributed by atoms with Gasteiger partial charge in [-0.3, -0.25) is 4.79 Å². The molecule has 1 aliphatic rings. The van der Waals surface area contributed by atoms with Crippen molar-refractivity contribution in [2.45, 2.75) is 32.2 Å². The van der Waals surface area contributed by atoms with Crippen molar-refractivity contribution in [2.75, 3.05) is 25.0 Å². The van der Waals surface area contributed by atoms with Crippen LogP contribution in [0.2, 0.25) is 5.02 Å². The number of aliphatic hydroxyl groups excluding tert-OH is 1. The number of amides is 1. The van der Waals surface area contributed by atoms with E-state index >= 15 is 0 Å². The molecule has 20 heavy (non-hydrogen) atoms. The molecular weight excluding hydrogens is 278 g/mol. The van der Waals surface area contributed by atoms with Crippen molar-refractivity contribution in [3.63, 3.8) is 0 Å². The second kappa shape index (κ2) is 6.90. The first-order valence-corrected chi connectivity index (χ1v) is 7.37. The second-order valence-corrected chi connectivity index (χ2v) is 5.27. The van der Waals surface area contributed by atoms with Crippen LogP contribution in [0, 0.1) is 0 Å². The summed E-state index contributed by atoms with van der Waals surface area (Å²) < 4.78 is 0. The van der Waals surface area contributed by atoms with Crippen LogP contribution in [0.25, 0.3) is 0 Å². The molecule has 1 aliphatic carbocycles. The summed E-state index contributed by atoms with van der Waals surface area (Å²) in [6.45, 7) is 2.97. The monoisotopic (exact) mass is 297 g/mol. The lowest BCUT2D eigenvalue weighted by molar-refractivity contribution is 0.0520. The van der Waals surface area contributed by atoms with Gasteiger partial charge in [-0.05, 0) is 38.3 Å². The molecule has 0 aliphatic heterocycles. The van der Waals surface area contributed by atoms with Crippen LogP contribution in [0.4, 0.5) is 5.82 Å². The predicted octanol–water partition coefficient (Wildman–Crippen LogP) is 2.15. The Bertz CT molecular complexity index is 477. The lowest BCUT2D eigenvalue weighted by Crippen LogP contribution is -2.46. The number of carbonyl (C=O) groups excluding carboxylic acids is 1. The molecule has 0 aromatic carbocycles. The molecule has 0 unspecified atom stereocenters. The van der Waals surface area contributed by atoms with E-state index in [1.54, 1.807) is 17.0 Å². The van der Waals surface area contributed by atoms with Crippen molar-refractivity contribution in [1.82, 2.24) is 9.88 Å². The first-order chi connectivity index (χ1) is 9.67. The molecule has 2 N–H and O–H groups in total. The number of aromatic nitrogens is 1. The molecule has 0 saturated heterocycles. The zero-order valence-electron chi connectivity index (χ0n) is 11.6. The minimum atomic E-state index is -0.200. The third-order valence-electron chi connectivity index (χ3n) is 3.52. The molecule has 1 aromatic heterocycles. The summed E-state index contributed by atoms with van der Waals surface area (Å²) in [5, 5.41) is 12.6. The van der Waals surface area contributed by atoms with E-state index in [1.165, 1.54) is 0 Å². The van der Waals surface area contributed by atoms with Crippen molar-refractivity contribution in [1.29, 1.82) is 0 Å². The van der Waals surface area contributed by atoms with E-state index in [0.717, 1.165) is 25.8 Å². The highest BCUT2D eigenvalue weighted by molar-refractivity contribution is 6.33. The Balaban J connectivity index is 2.22. The fourth-order valence-electron chi connectivity index (χ4n) is 2.26. The number of aliphatic hydroxyl groups is 1. The number of rotatable bonds is 6.